The van der Waals surface area contributed by atoms with Crippen molar-refractivity contribution in [3.8, 4) is 17.6 Å². The average molecular weight is 338 g/mol. The lowest BCUT2D eigenvalue weighted by Crippen LogP contribution is -2.06. The highest BCUT2D eigenvalue weighted by Gasteiger charge is 2.13. The third-order valence-corrected chi connectivity index (χ3v) is 2.96. The molecule has 1 aromatic carbocycles. The molecule has 0 radical (unpaired) electrons. The Balaban J connectivity index is 3.14. The van der Waals surface area contributed by atoms with Gasteiger partial charge in [0.15, 0.2) is 11.5 Å². The van der Waals surface area contributed by atoms with Gasteiger partial charge in [-0.15, -0.1) is 0 Å². The van der Waals surface area contributed by atoms with E-state index in [1.807, 2.05) is 0 Å². The molecule has 0 heterocycles. The van der Waals surface area contributed by atoms with Gasteiger partial charge in [-0.1, -0.05) is 28.6 Å². The number of hydrogen-bond donors (Lipinski definition) is 1. The van der Waals surface area contributed by atoms with Gasteiger partial charge in [0, 0.05) is 4.47 Å². The molecule has 0 saturated heterocycles. The van der Waals surface area contributed by atoms with Gasteiger partial charge in [-0.2, -0.15) is 5.26 Å². The maximum Gasteiger partial charge on any atom is 0.349 e. The minimum absolute atomic E-state index is 0.0207. The number of phenolic OH excluding ortho intramolecular Hbond substituents is 1. The van der Waals surface area contributed by atoms with Gasteiger partial charge in [0.1, 0.15) is 18.2 Å². The van der Waals surface area contributed by atoms with E-state index < -0.39 is 5.97 Å². The Hall–Kier alpha value is -2.26. The van der Waals surface area contributed by atoms with Crippen molar-refractivity contribution in [2.75, 3.05) is 13.7 Å². The van der Waals surface area contributed by atoms with E-state index in [9.17, 15) is 9.90 Å². The molecule has 0 saturated carbocycles. The molecule has 0 amide bonds. The van der Waals surface area contributed by atoms with Crippen molar-refractivity contribution < 1.29 is 19.4 Å². The van der Waals surface area contributed by atoms with Gasteiger partial charge < -0.3 is 14.6 Å². The standard InChI is InChI=1S/C14H12BrNO4/c1-3-4-20-14(18)10(8-16)5-9-6-12(17)13(19-2)7-11(9)15/h3,5-7,17H,1,4H2,2H3/b10-5+. The number of carbonyl (C=O) groups is 1. The van der Waals surface area contributed by atoms with Gasteiger partial charge in [-0.3, -0.25) is 0 Å². The van der Waals surface area contributed by atoms with Gasteiger partial charge in [0.25, 0.3) is 0 Å². The molecule has 0 spiro atoms. The number of aromatic hydroxyl groups is 1. The van der Waals surface area contributed by atoms with Crippen molar-refractivity contribution in [1.29, 1.82) is 5.26 Å². The highest BCUT2D eigenvalue weighted by molar-refractivity contribution is 9.10. The van der Waals surface area contributed by atoms with Crippen molar-refractivity contribution in [3.05, 3.63) is 40.4 Å². The van der Waals surface area contributed by atoms with Crippen molar-refractivity contribution in [2.45, 2.75) is 0 Å². The molecule has 0 aliphatic heterocycles. The van der Waals surface area contributed by atoms with Crippen LogP contribution in [0.25, 0.3) is 6.08 Å². The second-order valence-electron chi connectivity index (χ2n) is 3.60. The van der Waals surface area contributed by atoms with Crippen molar-refractivity contribution in [3.63, 3.8) is 0 Å². The minimum Gasteiger partial charge on any atom is -0.504 e. The van der Waals surface area contributed by atoms with Crippen LogP contribution in [0.2, 0.25) is 0 Å². The van der Waals surface area contributed by atoms with Crippen molar-refractivity contribution in [2.24, 2.45) is 0 Å². The zero-order valence-corrected chi connectivity index (χ0v) is 12.3. The third kappa shape index (κ3) is 3.87. The molecule has 1 aromatic rings. The second kappa shape index (κ2) is 7.36. The SMILES string of the molecule is C=CCOC(=O)/C(C#N)=C/c1cc(O)c(OC)cc1Br. The molecule has 0 bridgehead atoms. The summed E-state index contributed by atoms with van der Waals surface area (Å²) in [6, 6.07) is 4.66. The van der Waals surface area contributed by atoms with Crippen LogP contribution in [-0.4, -0.2) is 24.8 Å². The number of nitrogens with zero attached hydrogens (tertiary/aromatic N) is 1. The van der Waals surface area contributed by atoms with E-state index in [-0.39, 0.29) is 23.7 Å². The van der Waals surface area contributed by atoms with E-state index in [4.69, 9.17) is 14.7 Å². The Labute approximate surface area is 124 Å². The normalized spacial score (nSPS) is 10.6. The lowest BCUT2D eigenvalue weighted by molar-refractivity contribution is -0.137. The number of ether oxygens (including phenoxy) is 2. The molecule has 0 fully saturated rings. The lowest BCUT2D eigenvalue weighted by Gasteiger charge is -2.07. The molecule has 1 N–H and O–H groups in total. The third-order valence-electron chi connectivity index (χ3n) is 2.27. The highest BCUT2D eigenvalue weighted by Crippen LogP contribution is 2.33. The molecule has 0 aliphatic rings. The monoisotopic (exact) mass is 337 g/mol. The average Bonchev–Trinajstić information content (AvgIpc) is 2.44. The molecular weight excluding hydrogens is 326 g/mol. The van der Waals surface area contributed by atoms with E-state index in [2.05, 4.69) is 22.5 Å². The number of carbonyl (C=O) groups excluding carboxylic acids is 1. The quantitative estimate of drug-likeness (QED) is 0.386. The molecule has 20 heavy (non-hydrogen) atoms. The number of nitriles is 1. The van der Waals surface area contributed by atoms with Gasteiger partial charge in [-0.05, 0) is 23.8 Å². The fraction of sp³-hybridized carbons (Fsp3) is 0.143. The van der Waals surface area contributed by atoms with Crippen LogP contribution < -0.4 is 4.74 Å². The van der Waals surface area contributed by atoms with E-state index in [1.165, 1.54) is 31.4 Å². The lowest BCUT2D eigenvalue weighted by atomic mass is 10.1. The summed E-state index contributed by atoms with van der Waals surface area (Å²) in [5, 5.41) is 18.7. The predicted molar refractivity (Wildman–Crippen MR) is 77.1 cm³/mol. The summed E-state index contributed by atoms with van der Waals surface area (Å²) in [4.78, 5) is 11.6. The summed E-state index contributed by atoms with van der Waals surface area (Å²) >= 11 is 3.27. The molecule has 6 heteroatoms. The number of halogens is 1. The second-order valence-corrected chi connectivity index (χ2v) is 4.46. The minimum atomic E-state index is -0.755. The summed E-state index contributed by atoms with van der Waals surface area (Å²) in [5.41, 5.74) is 0.271. The van der Waals surface area contributed by atoms with Crippen LogP contribution in [0.4, 0.5) is 0 Å². The van der Waals surface area contributed by atoms with E-state index in [0.717, 1.165) is 0 Å². The molecule has 5 nitrogen and oxygen atoms in total. The zero-order chi connectivity index (χ0) is 15.1. The Kier molecular flexibility index (Phi) is 5.81. The van der Waals surface area contributed by atoms with Gasteiger partial charge in [-0.25, -0.2) is 4.79 Å². The summed E-state index contributed by atoms with van der Waals surface area (Å²) in [7, 11) is 1.42. The van der Waals surface area contributed by atoms with Gasteiger partial charge in [0.05, 0.1) is 7.11 Å². The fourth-order valence-corrected chi connectivity index (χ4v) is 1.78. The number of hydrogen-bond acceptors (Lipinski definition) is 5. The summed E-state index contributed by atoms with van der Waals surface area (Å²) in [6.45, 7) is 3.43. The topological polar surface area (TPSA) is 79.6 Å². The van der Waals surface area contributed by atoms with Crippen molar-refractivity contribution in [1.82, 2.24) is 0 Å². The molecule has 0 unspecified atom stereocenters. The molecule has 104 valence electrons. The molecule has 0 aliphatic carbocycles. The van der Waals surface area contributed by atoms with Crippen LogP contribution in [-0.2, 0) is 9.53 Å². The number of methoxy groups -OCH3 is 1. The van der Waals surface area contributed by atoms with E-state index >= 15 is 0 Å². The first kappa shape index (κ1) is 15.8. The Morgan fingerprint density at radius 3 is 2.85 bits per heavy atom. The number of esters is 1. The highest BCUT2D eigenvalue weighted by atomic mass is 79.9. The number of phenols is 1. The Bertz CT molecular complexity index is 602. The van der Waals surface area contributed by atoms with Crippen LogP contribution in [0.3, 0.4) is 0 Å². The maximum absolute atomic E-state index is 11.6. The van der Waals surface area contributed by atoms with E-state index in [0.29, 0.717) is 10.0 Å². The Morgan fingerprint density at radius 2 is 2.30 bits per heavy atom. The van der Waals surface area contributed by atoms with Crippen LogP contribution in [0, 0.1) is 11.3 Å². The largest absolute Gasteiger partial charge is 0.504 e. The fourth-order valence-electron chi connectivity index (χ4n) is 1.34. The summed E-state index contributed by atoms with van der Waals surface area (Å²) < 4.78 is 10.3. The van der Waals surface area contributed by atoms with Crippen LogP contribution in [0.5, 0.6) is 11.5 Å². The molecule has 0 atom stereocenters. The van der Waals surface area contributed by atoms with Crippen molar-refractivity contribution >= 4 is 28.0 Å². The summed E-state index contributed by atoms with van der Waals surface area (Å²) in [6.07, 6.45) is 2.72. The smallest absolute Gasteiger partial charge is 0.349 e. The van der Waals surface area contributed by atoms with E-state index in [1.54, 1.807) is 6.07 Å². The summed E-state index contributed by atoms with van der Waals surface area (Å²) in [5.74, 6) is -0.574. The maximum atomic E-state index is 11.6. The molecule has 1 rings (SSSR count). The number of rotatable bonds is 5. The molecule has 0 aromatic heterocycles. The van der Waals surface area contributed by atoms with Crippen LogP contribution >= 0.6 is 15.9 Å². The predicted octanol–water partition coefficient (Wildman–Crippen LogP) is 2.80. The van der Waals surface area contributed by atoms with Crippen LogP contribution in [0.15, 0.2) is 34.8 Å². The molecular formula is C14H12BrNO4. The zero-order valence-electron chi connectivity index (χ0n) is 10.7. The first-order valence-corrected chi connectivity index (χ1v) is 6.29. The first-order chi connectivity index (χ1) is 9.53. The Morgan fingerprint density at radius 1 is 1.60 bits per heavy atom. The van der Waals surface area contributed by atoms with Gasteiger partial charge >= 0.3 is 5.97 Å². The first-order valence-electron chi connectivity index (χ1n) is 5.49. The van der Waals surface area contributed by atoms with Crippen LogP contribution in [0.1, 0.15) is 5.56 Å². The number of benzene rings is 1. The van der Waals surface area contributed by atoms with Gasteiger partial charge in [0.2, 0.25) is 0 Å².